The van der Waals surface area contributed by atoms with Crippen molar-refractivity contribution in [3.63, 3.8) is 0 Å². The highest BCUT2D eigenvalue weighted by atomic mass is 32.2. The van der Waals surface area contributed by atoms with E-state index < -0.39 is 21.4 Å². The Morgan fingerprint density at radius 2 is 1.95 bits per heavy atom. The molecule has 20 heavy (non-hydrogen) atoms. The second kappa shape index (κ2) is 5.94. The number of hydrogen-bond acceptors (Lipinski definition) is 5. The van der Waals surface area contributed by atoms with Crippen molar-refractivity contribution in [3.8, 4) is 5.75 Å². The van der Waals surface area contributed by atoms with Gasteiger partial charge in [-0.25, -0.2) is 17.5 Å². The molecule has 6 nitrogen and oxygen atoms in total. The molecule has 0 saturated carbocycles. The summed E-state index contributed by atoms with van der Waals surface area (Å²) in [6, 6.07) is 2.00. The zero-order chi connectivity index (χ0) is 15.6. The van der Waals surface area contributed by atoms with E-state index in [-0.39, 0.29) is 22.9 Å². The highest BCUT2D eigenvalue weighted by molar-refractivity contribution is 7.89. The SMILES string of the molecule is COc1c(N)cc(S(=O)(=O)NCC(C)(C)OC)cc1F. The zero-order valence-corrected chi connectivity index (χ0v) is 12.7. The molecule has 1 aromatic rings. The number of nitrogen functional groups attached to an aromatic ring is 1. The molecule has 0 radical (unpaired) electrons. The van der Waals surface area contributed by atoms with Gasteiger partial charge in [0, 0.05) is 13.7 Å². The highest BCUT2D eigenvalue weighted by Crippen LogP contribution is 2.28. The quantitative estimate of drug-likeness (QED) is 0.769. The molecule has 0 aliphatic carbocycles. The number of rotatable bonds is 6. The van der Waals surface area contributed by atoms with Crippen molar-refractivity contribution in [1.82, 2.24) is 4.72 Å². The van der Waals surface area contributed by atoms with Gasteiger partial charge < -0.3 is 15.2 Å². The molecule has 3 N–H and O–H groups in total. The predicted molar refractivity (Wildman–Crippen MR) is 73.6 cm³/mol. The van der Waals surface area contributed by atoms with Gasteiger partial charge in [0.1, 0.15) is 0 Å². The molecule has 0 aliphatic heterocycles. The second-order valence-electron chi connectivity index (χ2n) is 4.82. The fourth-order valence-electron chi connectivity index (χ4n) is 1.38. The van der Waals surface area contributed by atoms with Crippen LogP contribution in [0.3, 0.4) is 0 Å². The van der Waals surface area contributed by atoms with Crippen LogP contribution < -0.4 is 15.2 Å². The predicted octanol–water partition coefficient (Wildman–Crippen LogP) is 1.12. The van der Waals surface area contributed by atoms with Gasteiger partial charge in [0.05, 0.1) is 23.3 Å². The van der Waals surface area contributed by atoms with E-state index in [1.807, 2.05) is 0 Å². The molecule has 114 valence electrons. The van der Waals surface area contributed by atoms with E-state index in [1.54, 1.807) is 13.8 Å². The normalized spacial score (nSPS) is 12.4. The second-order valence-corrected chi connectivity index (χ2v) is 6.58. The molecule has 0 amide bonds. The smallest absolute Gasteiger partial charge is 0.240 e. The average Bonchev–Trinajstić information content (AvgIpc) is 2.36. The maximum atomic E-state index is 13.7. The van der Waals surface area contributed by atoms with E-state index in [4.69, 9.17) is 15.2 Å². The Morgan fingerprint density at radius 1 is 1.35 bits per heavy atom. The number of hydrogen-bond donors (Lipinski definition) is 2. The van der Waals surface area contributed by atoms with Crippen LogP contribution in [-0.4, -0.2) is 34.8 Å². The van der Waals surface area contributed by atoms with Crippen LogP contribution in [0.4, 0.5) is 10.1 Å². The molecule has 0 aromatic heterocycles. The summed E-state index contributed by atoms with van der Waals surface area (Å²) in [6.45, 7) is 3.48. The third-order valence-electron chi connectivity index (χ3n) is 2.80. The lowest BCUT2D eigenvalue weighted by Gasteiger charge is -2.23. The van der Waals surface area contributed by atoms with E-state index >= 15 is 0 Å². The Bertz CT molecular complexity index is 564. The van der Waals surface area contributed by atoms with Crippen LogP contribution in [0.5, 0.6) is 5.75 Å². The van der Waals surface area contributed by atoms with Gasteiger partial charge in [-0.15, -0.1) is 0 Å². The van der Waals surface area contributed by atoms with E-state index in [0.717, 1.165) is 12.1 Å². The van der Waals surface area contributed by atoms with Crippen LogP contribution in [0.1, 0.15) is 13.8 Å². The van der Waals surface area contributed by atoms with Gasteiger partial charge in [-0.05, 0) is 26.0 Å². The van der Waals surface area contributed by atoms with E-state index in [9.17, 15) is 12.8 Å². The lowest BCUT2D eigenvalue weighted by Crippen LogP contribution is -2.39. The lowest BCUT2D eigenvalue weighted by atomic mass is 10.1. The highest BCUT2D eigenvalue weighted by Gasteiger charge is 2.23. The number of benzene rings is 1. The number of halogens is 1. The summed E-state index contributed by atoms with van der Waals surface area (Å²) in [5.41, 5.74) is 4.79. The van der Waals surface area contributed by atoms with Gasteiger partial charge in [-0.3, -0.25) is 0 Å². The Hall–Kier alpha value is -1.38. The molecule has 0 saturated heterocycles. The van der Waals surface area contributed by atoms with Crippen molar-refractivity contribution in [1.29, 1.82) is 0 Å². The third kappa shape index (κ3) is 3.81. The largest absolute Gasteiger partial charge is 0.492 e. The van der Waals surface area contributed by atoms with Gasteiger partial charge in [-0.1, -0.05) is 0 Å². The zero-order valence-electron chi connectivity index (χ0n) is 11.9. The van der Waals surface area contributed by atoms with Crippen molar-refractivity contribution in [2.75, 3.05) is 26.5 Å². The van der Waals surface area contributed by atoms with Crippen molar-refractivity contribution in [3.05, 3.63) is 17.9 Å². The number of sulfonamides is 1. The summed E-state index contributed by atoms with van der Waals surface area (Å²) in [5.74, 6) is -1.01. The topological polar surface area (TPSA) is 90.7 Å². The summed E-state index contributed by atoms with van der Waals surface area (Å²) >= 11 is 0. The first kappa shape index (κ1) is 16.7. The maximum absolute atomic E-state index is 13.7. The molecule has 1 aromatic carbocycles. The molecule has 0 spiro atoms. The first-order valence-electron chi connectivity index (χ1n) is 5.81. The van der Waals surface area contributed by atoms with Gasteiger partial charge in [0.25, 0.3) is 0 Å². The third-order valence-corrected chi connectivity index (χ3v) is 4.18. The summed E-state index contributed by atoms with van der Waals surface area (Å²) in [4.78, 5) is -0.264. The number of nitrogens with two attached hydrogens (primary N) is 1. The van der Waals surface area contributed by atoms with Crippen LogP contribution in [0, 0.1) is 5.82 Å². The molecule has 0 unspecified atom stereocenters. The van der Waals surface area contributed by atoms with Crippen molar-refractivity contribution >= 4 is 15.7 Å². The number of methoxy groups -OCH3 is 2. The molecule has 0 aliphatic rings. The molecule has 0 heterocycles. The Kier molecular flexibility index (Phi) is 4.95. The minimum atomic E-state index is -3.88. The number of nitrogens with one attached hydrogen (secondary N) is 1. The van der Waals surface area contributed by atoms with Crippen molar-refractivity contribution < 1.29 is 22.3 Å². The lowest BCUT2D eigenvalue weighted by molar-refractivity contribution is 0.0276. The maximum Gasteiger partial charge on any atom is 0.240 e. The van der Waals surface area contributed by atoms with Gasteiger partial charge >= 0.3 is 0 Å². The van der Waals surface area contributed by atoms with E-state index in [2.05, 4.69) is 4.72 Å². The standard InChI is InChI=1S/C12H19FN2O4S/c1-12(2,19-4)7-15-20(16,17)8-5-9(13)11(18-3)10(14)6-8/h5-6,15H,7,14H2,1-4H3. The van der Waals surface area contributed by atoms with Crippen molar-refractivity contribution in [2.24, 2.45) is 0 Å². The molecule has 1 rings (SSSR count). The fraction of sp³-hybridized carbons (Fsp3) is 0.500. The molecule has 0 atom stereocenters. The van der Waals surface area contributed by atoms with Crippen molar-refractivity contribution in [2.45, 2.75) is 24.3 Å². The Balaban J connectivity index is 3.05. The fourth-order valence-corrected chi connectivity index (χ4v) is 2.63. The minimum absolute atomic E-state index is 0.0411. The molecule has 8 heteroatoms. The molecule has 0 fully saturated rings. The van der Waals surface area contributed by atoms with Crippen LogP contribution in [0.2, 0.25) is 0 Å². The van der Waals surface area contributed by atoms with Crippen LogP contribution in [0.25, 0.3) is 0 Å². The molecular weight excluding hydrogens is 287 g/mol. The van der Waals surface area contributed by atoms with E-state index in [0.29, 0.717) is 0 Å². The average molecular weight is 306 g/mol. The van der Waals surface area contributed by atoms with Gasteiger partial charge in [-0.2, -0.15) is 0 Å². The molecular formula is C12H19FN2O4S. The monoisotopic (exact) mass is 306 g/mol. The van der Waals surface area contributed by atoms with Crippen LogP contribution in [0.15, 0.2) is 17.0 Å². The molecule has 0 bridgehead atoms. The first-order chi connectivity index (χ1) is 9.13. The number of anilines is 1. The Labute approximate surface area is 118 Å². The van der Waals surface area contributed by atoms with Crippen LogP contribution >= 0.6 is 0 Å². The summed E-state index contributed by atoms with van der Waals surface area (Å²) < 4.78 is 50.0. The van der Waals surface area contributed by atoms with E-state index in [1.165, 1.54) is 14.2 Å². The van der Waals surface area contributed by atoms with Crippen LogP contribution in [-0.2, 0) is 14.8 Å². The minimum Gasteiger partial charge on any atom is -0.492 e. The summed E-state index contributed by atoms with van der Waals surface area (Å²) in [5, 5.41) is 0. The Morgan fingerprint density at radius 3 is 2.40 bits per heavy atom. The summed E-state index contributed by atoms with van der Waals surface area (Å²) in [7, 11) is -1.16. The summed E-state index contributed by atoms with van der Waals surface area (Å²) in [6.07, 6.45) is 0. The van der Waals surface area contributed by atoms with Gasteiger partial charge in [0.15, 0.2) is 11.6 Å². The van der Waals surface area contributed by atoms with Gasteiger partial charge in [0.2, 0.25) is 10.0 Å². The number of ether oxygens (including phenoxy) is 2. The first-order valence-corrected chi connectivity index (χ1v) is 7.29.